The largest absolute Gasteiger partial charge is 0.372 e. The van der Waals surface area contributed by atoms with Crippen LogP contribution in [0.1, 0.15) is 20.8 Å². The van der Waals surface area contributed by atoms with Crippen molar-refractivity contribution in [2.75, 3.05) is 30.3 Å². The Morgan fingerprint density at radius 2 is 1.83 bits per heavy atom. The SMILES string of the molecule is CCNC(=O)CSc1nnc(-c2ccc(N(CC)CC)cc2)n1C. The highest BCUT2D eigenvalue weighted by atomic mass is 32.2. The average molecular weight is 347 g/mol. The summed E-state index contributed by atoms with van der Waals surface area (Å²) in [6.45, 7) is 8.82. The lowest BCUT2D eigenvalue weighted by atomic mass is 10.2. The fourth-order valence-corrected chi connectivity index (χ4v) is 3.22. The Hall–Kier alpha value is -2.02. The van der Waals surface area contributed by atoms with E-state index in [2.05, 4.69) is 58.5 Å². The zero-order valence-corrected chi connectivity index (χ0v) is 15.6. The van der Waals surface area contributed by atoms with Crippen LogP contribution < -0.4 is 10.2 Å². The number of benzene rings is 1. The maximum absolute atomic E-state index is 11.6. The maximum atomic E-state index is 11.6. The van der Waals surface area contributed by atoms with Crippen molar-refractivity contribution in [1.29, 1.82) is 0 Å². The molecule has 1 aromatic carbocycles. The number of nitrogens with zero attached hydrogens (tertiary/aromatic N) is 4. The van der Waals surface area contributed by atoms with E-state index in [4.69, 9.17) is 0 Å². The van der Waals surface area contributed by atoms with E-state index in [1.165, 1.54) is 17.4 Å². The minimum Gasteiger partial charge on any atom is -0.372 e. The number of rotatable bonds is 8. The summed E-state index contributed by atoms with van der Waals surface area (Å²) in [4.78, 5) is 13.9. The number of nitrogens with one attached hydrogen (secondary N) is 1. The first kappa shape index (κ1) is 18.3. The summed E-state index contributed by atoms with van der Waals surface area (Å²) in [6.07, 6.45) is 0. The van der Waals surface area contributed by atoms with Crippen molar-refractivity contribution in [3.8, 4) is 11.4 Å². The van der Waals surface area contributed by atoms with Crippen LogP contribution >= 0.6 is 11.8 Å². The van der Waals surface area contributed by atoms with Gasteiger partial charge in [0.1, 0.15) is 0 Å². The Labute approximate surface area is 147 Å². The normalized spacial score (nSPS) is 10.7. The molecule has 0 fully saturated rings. The quantitative estimate of drug-likeness (QED) is 0.744. The van der Waals surface area contributed by atoms with Crippen molar-refractivity contribution < 1.29 is 4.79 Å². The zero-order chi connectivity index (χ0) is 17.5. The van der Waals surface area contributed by atoms with Gasteiger partial charge >= 0.3 is 0 Å². The molecule has 2 aromatic rings. The highest BCUT2D eigenvalue weighted by molar-refractivity contribution is 7.99. The van der Waals surface area contributed by atoms with E-state index in [0.29, 0.717) is 12.3 Å². The van der Waals surface area contributed by atoms with Crippen molar-refractivity contribution in [3.05, 3.63) is 24.3 Å². The predicted molar refractivity (Wildman–Crippen MR) is 99.4 cm³/mol. The molecule has 1 N–H and O–H groups in total. The molecule has 1 aromatic heterocycles. The minimum atomic E-state index is 0.00984. The molecule has 1 heterocycles. The van der Waals surface area contributed by atoms with E-state index < -0.39 is 0 Å². The predicted octanol–water partition coefficient (Wildman–Crippen LogP) is 2.56. The molecule has 130 valence electrons. The zero-order valence-electron chi connectivity index (χ0n) is 14.7. The van der Waals surface area contributed by atoms with Crippen molar-refractivity contribution in [1.82, 2.24) is 20.1 Å². The first-order valence-corrected chi connectivity index (χ1v) is 9.23. The molecule has 0 unspecified atom stereocenters. The molecule has 0 bridgehead atoms. The smallest absolute Gasteiger partial charge is 0.230 e. The summed E-state index contributed by atoms with van der Waals surface area (Å²) in [5.41, 5.74) is 2.22. The molecule has 24 heavy (non-hydrogen) atoms. The van der Waals surface area contributed by atoms with Gasteiger partial charge in [-0.1, -0.05) is 11.8 Å². The number of carbonyl (C=O) groups excluding carboxylic acids is 1. The molecule has 0 aliphatic carbocycles. The fourth-order valence-electron chi connectivity index (χ4n) is 2.48. The number of hydrogen-bond acceptors (Lipinski definition) is 5. The first-order valence-electron chi connectivity index (χ1n) is 8.24. The summed E-state index contributed by atoms with van der Waals surface area (Å²) in [7, 11) is 1.92. The fraction of sp³-hybridized carbons (Fsp3) is 0.471. The summed E-state index contributed by atoms with van der Waals surface area (Å²) in [5, 5.41) is 12.0. The topological polar surface area (TPSA) is 63.1 Å². The molecule has 0 atom stereocenters. The van der Waals surface area contributed by atoms with Gasteiger partial charge in [0.15, 0.2) is 11.0 Å². The van der Waals surface area contributed by atoms with Gasteiger partial charge in [0, 0.05) is 37.9 Å². The molecule has 0 saturated heterocycles. The summed E-state index contributed by atoms with van der Waals surface area (Å²) >= 11 is 1.39. The van der Waals surface area contributed by atoms with Crippen LogP contribution in [0.4, 0.5) is 5.69 Å². The van der Waals surface area contributed by atoms with Crippen LogP contribution in [0.25, 0.3) is 11.4 Å². The second-order valence-electron chi connectivity index (χ2n) is 5.33. The van der Waals surface area contributed by atoms with E-state index >= 15 is 0 Å². The van der Waals surface area contributed by atoms with Gasteiger partial charge in [-0.25, -0.2) is 0 Å². The Kier molecular flexibility index (Phi) is 6.66. The average Bonchev–Trinajstić information content (AvgIpc) is 2.96. The lowest BCUT2D eigenvalue weighted by Gasteiger charge is -2.21. The van der Waals surface area contributed by atoms with E-state index in [0.717, 1.165) is 29.6 Å². The Balaban J connectivity index is 2.11. The van der Waals surface area contributed by atoms with Crippen LogP contribution in [0.2, 0.25) is 0 Å². The van der Waals surface area contributed by atoms with Crippen molar-refractivity contribution in [2.24, 2.45) is 7.05 Å². The number of thioether (sulfide) groups is 1. The maximum Gasteiger partial charge on any atom is 0.230 e. The Bertz CT molecular complexity index is 664. The van der Waals surface area contributed by atoms with Gasteiger partial charge in [-0.2, -0.15) is 0 Å². The van der Waals surface area contributed by atoms with Gasteiger partial charge < -0.3 is 14.8 Å². The molecule has 1 amide bonds. The number of aromatic nitrogens is 3. The Morgan fingerprint density at radius 3 is 2.42 bits per heavy atom. The van der Waals surface area contributed by atoms with Crippen molar-refractivity contribution >= 4 is 23.4 Å². The molecule has 0 saturated carbocycles. The van der Waals surface area contributed by atoms with E-state index in [9.17, 15) is 4.79 Å². The van der Waals surface area contributed by atoms with Crippen LogP contribution in [0, 0.1) is 0 Å². The monoisotopic (exact) mass is 347 g/mol. The third-order valence-corrected chi connectivity index (χ3v) is 4.82. The minimum absolute atomic E-state index is 0.00984. The lowest BCUT2D eigenvalue weighted by molar-refractivity contribution is -0.118. The molecule has 0 spiro atoms. The van der Waals surface area contributed by atoms with Crippen molar-refractivity contribution in [3.63, 3.8) is 0 Å². The van der Waals surface area contributed by atoms with Crippen LogP contribution in [0.15, 0.2) is 29.4 Å². The lowest BCUT2D eigenvalue weighted by Crippen LogP contribution is -2.24. The molecule has 2 rings (SSSR count). The highest BCUT2D eigenvalue weighted by Crippen LogP contribution is 2.24. The number of amides is 1. The summed E-state index contributed by atoms with van der Waals surface area (Å²) < 4.78 is 1.93. The highest BCUT2D eigenvalue weighted by Gasteiger charge is 2.13. The third kappa shape index (κ3) is 4.29. The van der Waals surface area contributed by atoms with E-state index in [1.807, 2.05) is 18.5 Å². The van der Waals surface area contributed by atoms with Crippen LogP contribution in [0.3, 0.4) is 0 Å². The molecular formula is C17H25N5OS. The van der Waals surface area contributed by atoms with Crippen LogP contribution in [-0.2, 0) is 11.8 Å². The third-order valence-electron chi connectivity index (χ3n) is 3.80. The van der Waals surface area contributed by atoms with Crippen LogP contribution in [0.5, 0.6) is 0 Å². The molecule has 0 radical (unpaired) electrons. The molecule has 6 nitrogen and oxygen atoms in total. The van der Waals surface area contributed by atoms with Gasteiger partial charge in [0.2, 0.25) is 5.91 Å². The molecular weight excluding hydrogens is 322 g/mol. The first-order chi connectivity index (χ1) is 11.6. The standard InChI is InChI=1S/C17H25N5OS/c1-5-18-15(23)12-24-17-20-19-16(21(17)4)13-8-10-14(11-9-13)22(6-2)7-3/h8-11H,5-7,12H2,1-4H3,(H,18,23). The molecule has 0 aliphatic heterocycles. The summed E-state index contributed by atoms with van der Waals surface area (Å²) in [6, 6.07) is 8.35. The van der Waals surface area contributed by atoms with Gasteiger partial charge in [-0.3, -0.25) is 4.79 Å². The second kappa shape index (κ2) is 8.73. The van der Waals surface area contributed by atoms with E-state index in [1.54, 1.807) is 0 Å². The van der Waals surface area contributed by atoms with Gasteiger partial charge in [0.25, 0.3) is 0 Å². The number of carbonyl (C=O) groups is 1. The number of anilines is 1. The van der Waals surface area contributed by atoms with Gasteiger partial charge in [-0.15, -0.1) is 10.2 Å². The second-order valence-corrected chi connectivity index (χ2v) is 6.27. The number of hydrogen-bond donors (Lipinski definition) is 1. The molecule has 7 heteroatoms. The van der Waals surface area contributed by atoms with Crippen molar-refractivity contribution in [2.45, 2.75) is 25.9 Å². The van der Waals surface area contributed by atoms with Crippen LogP contribution in [-0.4, -0.2) is 46.1 Å². The van der Waals surface area contributed by atoms with E-state index in [-0.39, 0.29) is 5.91 Å². The van der Waals surface area contributed by atoms with Gasteiger partial charge in [0.05, 0.1) is 5.75 Å². The summed E-state index contributed by atoms with van der Waals surface area (Å²) in [5.74, 6) is 1.16. The molecule has 0 aliphatic rings. The van der Waals surface area contributed by atoms with Gasteiger partial charge in [-0.05, 0) is 45.0 Å². The Morgan fingerprint density at radius 1 is 1.17 bits per heavy atom.